The van der Waals surface area contributed by atoms with Gasteiger partial charge in [-0.15, -0.1) is 0 Å². The molecule has 0 saturated heterocycles. The van der Waals surface area contributed by atoms with Gasteiger partial charge in [-0.1, -0.05) is 12.8 Å². The summed E-state index contributed by atoms with van der Waals surface area (Å²) >= 11 is 0. The van der Waals surface area contributed by atoms with E-state index in [4.69, 9.17) is 4.98 Å². The molecule has 0 amide bonds. The minimum atomic E-state index is -0.246. The number of hydrogen-bond acceptors (Lipinski definition) is 5. The van der Waals surface area contributed by atoms with Crippen LogP contribution in [0.25, 0.3) is 16.9 Å². The van der Waals surface area contributed by atoms with Crippen LogP contribution in [-0.4, -0.2) is 32.8 Å². The van der Waals surface area contributed by atoms with Gasteiger partial charge in [0.05, 0.1) is 17.1 Å². The molecule has 2 aromatic heterocycles. The number of imidazole rings is 1. The van der Waals surface area contributed by atoms with Crippen LogP contribution >= 0.6 is 0 Å². The van der Waals surface area contributed by atoms with Crippen LogP contribution in [0.1, 0.15) is 50.3 Å². The summed E-state index contributed by atoms with van der Waals surface area (Å²) in [6.45, 7) is 0. The van der Waals surface area contributed by atoms with Gasteiger partial charge in [0.2, 0.25) is 0 Å². The van der Waals surface area contributed by atoms with Gasteiger partial charge in [-0.3, -0.25) is 9.41 Å². The first-order valence-electron chi connectivity index (χ1n) is 11.5. The molecule has 3 heterocycles. The molecule has 7 heteroatoms. The zero-order valence-electron chi connectivity index (χ0n) is 17.9. The summed E-state index contributed by atoms with van der Waals surface area (Å²) < 4.78 is 15.9. The summed E-state index contributed by atoms with van der Waals surface area (Å²) in [4.78, 5) is 9.47. The second kappa shape index (κ2) is 8.06. The van der Waals surface area contributed by atoms with Crippen LogP contribution in [0, 0.1) is 5.82 Å². The molecule has 1 aliphatic heterocycles. The number of aliphatic imine (C=N–C) groups is 1. The number of aromatic nitrogens is 2. The highest BCUT2D eigenvalue weighted by atomic mass is 19.1. The number of hydrazine groups is 1. The average molecular weight is 431 g/mol. The fraction of sp³-hybridized carbons (Fsp3) is 0.360. The Labute approximate surface area is 186 Å². The van der Waals surface area contributed by atoms with E-state index in [-0.39, 0.29) is 11.9 Å². The van der Waals surface area contributed by atoms with Crippen molar-refractivity contribution < 1.29 is 4.39 Å². The van der Waals surface area contributed by atoms with Crippen LogP contribution in [-0.2, 0) is 0 Å². The van der Waals surface area contributed by atoms with E-state index in [9.17, 15) is 4.39 Å². The number of nitrogens with zero attached hydrogens (tertiary/aromatic N) is 4. The highest BCUT2D eigenvalue weighted by Gasteiger charge is 2.30. The SMILES string of the molecule is Fc1ccc(-c2nc3c(NC4CC4)cccn3c2C2C=CN=CN2NC2CCCC2)cc1. The van der Waals surface area contributed by atoms with Crippen molar-refractivity contribution in [2.75, 3.05) is 5.32 Å². The van der Waals surface area contributed by atoms with Gasteiger partial charge in [0.15, 0.2) is 5.65 Å². The molecule has 6 nitrogen and oxygen atoms in total. The summed E-state index contributed by atoms with van der Waals surface area (Å²) in [5, 5.41) is 5.72. The summed E-state index contributed by atoms with van der Waals surface area (Å²) in [6.07, 6.45) is 15.1. The third kappa shape index (κ3) is 3.66. The number of fused-ring (bicyclic) bond motifs is 1. The standard InChI is InChI=1S/C25H27FN6/c26-18-9-7-17(8-10-18)23-24(22-13-14-27-16-32(22)30-20-4-1-2-5-20)31-15-3-6-21(25(31)29-23)28-19-11-12-19/h3,6-10,13-16,19-20,22,28,30H,1-2,4-5,11-12H2. The number of anilines is 1. The zero-order chi connectivity index (χ0) is 21.5. The minimum Gasteiger partial charge on any atom is -0.379 e. The van der Waals surface area contributed by atoms with E-state index >= 15 is 0 Å². The van der Waals surface area contributed by atoms with Crippen LogP contribution in [0.4, 0.5) is 10.1 Å². The van der Waals surface area contributed by atoms with Gasteiger partial charge in [-0.2, -0.15) is 0 Å². The molecule has 164 valence electrons. The maximum absolute atomic E-state index is 13.7. The Kier molecular flexibility index (Phi) is 4.91. The van der Waals surface area contributed by atoms with E-state index in [1.54, 1.807) is 0 Å². The molecule has 3 aromatic rings. The first-order chi connectivity index (χ1) is 15.8. The Morgan fingerprint density at radius 1 is 0.969 bits per heavy atom. The smallest absolute Gasteiger partial charge is 0.161 e. The lowest BCUT2D eigenvalue weighted by molar-refractivity contribution is 0.226. The molecule has 1 unspecified atom stereocenters. The van der Waals surface area contributed by atoms with Crippen molar-refractivity contribution in [3.05, 3.63) is 66.4 Å². The fourth-order valence-electron chi connectivity index (χ4n) is 4.76. The molecule has 2 fully saturated rings. The molecule has 1 atom stereocenters. The van der Waals surface area contributed by atoms with E-state index in [0.717, 1.165) is 28.3 Å². The molecular weight excluding hydrogens is 403 g/mol. The number of hydrogen-bond donors (Lipinski definition) is 2. The molecule has 3 aliphatic rings. The third-order valence-corrected chi connectivity index (χ3v) is 6.55. The van der Waals surface area contributed by atoms with E-state index in [2.05, 4.69) is 49.6 Å². The Hall–Kier alpha value is -3.19. The maximum Gasteiger partial charge on any atom is 0.161 e. The summed E-state index contributed by atoms with van der Waals surface area (Å²) in [5.74, 6) is -0.246. The minimum absolute atomic E-state index is 0.0840. The molecule has 32 heavy (non-hydrogen) atoms. The van der Waals surface area contributed by atoms with Crippen LogP contribution < -0.4 is 10.7 Å². The van der Waals surface area contributed by atoms with Crippen molar-refractivity contribution in [1.82, 2.24) is 19.8 Å². The monoisotopic (exact) mass is 430 g/mol. The molecule has 2 aliphatic carbocycles. The average Bonchev–Trinajstić information content (AvgIpc) is 3.32. The van der Waals surface area contributed by atoms with Gasteiger partial charge in [-0.25, -0.2) is 19.8 Å². The van der Waals surface area contributed by atoms with Gasteiger partial charge in [0, 0.05) is 30.0 Å². The third-order valence-electron chi connectivity index (χ3n) is 6.55. The molecular formula is C25H27FN6. The van der Waals surface area contributed by atoms with Crippen LogP contribution in [0.3, 0.4) is 0 Å². The number of halogens is 1. The normalized spacial score (nSPS) is 21.0. The summed E-state index contributed by atoms with van der Waals surface area (Å²) in [5.41, 5.74) is 8.41. The molecule has 0 radical (unpaired) electrons. The predicted molar refractivity (Wildman–Crippen MR) is 125 cm³/mol. The van der Waals surface area contributed by atoms with E-state index < -0.39 is 0 Å². The summed E-state index contributed by atoms with van der Waals surface area (Å²) in [6, 6.07) is 11.7. The van der Waals surface area contributed by atoms with E-state index in [1.807, 2.05) is 24.7 Å². The molecule has 2 saturated carbocycles. The Morgan fingerprint density at radius 3 is 2.56 bits per heavy atom. The number of pyridine rings is 1. The lowest BCUT2D eigenvalue weighted by Crippen LogP contribution is -2.45. The Bertz CT molecular complexity index is 1170. The van der Waals surface area contributed by atoms with Crippen LogP contribution in [0.5, 0.6) is 0 Å². The van der Waals surface area contributed by atoms with Crippen molar-refractivity contribution in [2.24, 2.45) is 4.99 Å². The second-order valence-electron chi connectivity index (χ2n) is 8.96. The predicted octanol–water partition coefficient (Wildman–Crippen LogP) is 5.06. The highest BCUT2D eigenvalue weighted by molar-refractivity contribution is 5.76. The number of nitrogens with one attached hydrogen (secondary N) is 2. The second-order valence-corrected chi connectivity index (χ2v) is 8.96. The maximum atomic E-state index is 13.7. The van der Waals surface area contributed by atoms with Gasteiger partial charge < -0.3 is 5.32 Å². The lowest BCUT2D eigenvalue weighted by Gasteiger charge is -2.32. The molecule has 1 aromatic carbocycles. The Balaban J connectivity index is 1.48. The fourth-order valence-corrected chi connectivity index (χ4v) is 4.76. The first kappa shape index (κ1) is 19.5. The lowest BCUT2D eigenvalue weighted by atomic mass is 10.0. The number of benzene rings is 1. The molecule has 6 rings (SSSR count). The largest absolute Gasteiger partial charge is 0.379 e. The van der Waals surface area contributed by atoms with Crippen LogP contribution in [0.15, 0.2) is 59.9 Å². The quantitative estimate of drug-likeness (QED) is 0.574. The molecule has 0 spiro atoms. The van der Waals surface area contributed by atoms with Crippen LogP contribution in [0.2, 0.25) is 0 Å². The van der Waals surface area contributed by atoms with E-state index in [1.165, 1.54) is 50.7 Å². The van der Waals surface area contributed by atoms with Crippen molar-refractivity contribution in [2.45, 2.75) is 56.7 Å². The van der Waals surface area contributed by atoms with Gasteiger partial charge in [-0.05, 0) is 68.2 Å². The molecule has 0 bridgehead atoms. The molecule has 2 N–H and O–H groups in total. The van der Waals surface area contributed by atoms with Crippen molar-refractivity contribution in [3.63, 3.8) is 0 Å². The topological polar surface area (TPSA) is 57.0 Å². The van der Waals surface area contributed by atoms with Gasteiger partial charge >= 0.3 is 0 Å². The Morgan fingerprint density at radius 2 is 1.78 bits per heavy atom. The van der Waals surface area contributed by atoms with Crippen molar-refractivity contribution in [3.8, 4) is 11.3 Å². The van der Waals surface area contributed by atoms with Crippen molar-refractivity contribution >= 4 is 17.7 Å². The summed E-state index contributed by atoms with van der Waals surface area (Å²) in [7, 11) is 0. The first-order valence-corrected chi connectivity index (χ1v) is 11.5. The van der Waals surface area contributed by atoms with Gasteiger partial charge in [0.1, 0.15) is 18.2 Å². The highest BCUT2D eigenvalue weighted by Crippen LogP contribution is 2.36. The van der Waals surface area contributed by atoms with Gasteiger partial charge in [0.25, 0.3) is 0 Å². The zero-order valence-corrected chi connectivity index (χ0v) is 17.9. The van der Waals surface area contributed by atoms with E-state index in [0.29, 0.717) is 12.1 Å². The van der Waals surface area contributed by atoms with Crippen molar-refractivity contribution in [1.29, 1.82) is 0 Å². The number of rotatable bonds is 6.